The Balaban J connectivity index is 2.33. The molecule has 1 aromatic heterocycles. The van der Waals surface area contributed by atoms with Gasteiger partial charge in [-0.2, -0.15) is 0 Å². The van der Waals surface area contributed by atoms with E-state index in [-0.39, 0.29) is 0 Å². The van der Waals surface area contributed by atoms with Crippen molar-refractivity contribution in [2.24, 2.45) is 0 Å². The quantitative estimate of drug-likeness (QED) is 0.784. The Labute approximate surface area is 103 Å². The van der Waals surface area contributed by atoms with Crippen LogP contribution in [-0.2, 0) is 4.74 Å². The third-order valence-corrected chi connectivity index (χ3v) is 3.05. The monoisotopic (exact) mass is 249 g/mol. The minimum Gasteiger partial charge on any atom is -0.497 e. The van der Waals surface area contributed by atoms with Crippen LogP contribution in [0.4, 0.5) is 0 Å². The van der Waals surface area contributed by atoms with Crippen LogP contribution in [0, 0.1) is 0 Å². The summed E-state index contributed by atoms with van der Waals surface area (Å²) in [6.07, 6.45) is 0. The lowest BCUT2D eigenvalue weighted by molar-refractivity contribution is 0.0600. The first-order chi connectivity index (χ1) is 8.24. The summed E-state index contributed by atoms with van der Waals surface area (Å²) in [5.74, 6) is 0.347. The third kappa shape index (κ3) is 2.45. The highest BCUT2D eigenvalue weighted by molar-refractivity contribution is 7.11. The Morgan fingerprint density at radius 1 is 1.35 bits per heavy atom. The SMILES string of the molecule is COC(=O)c1nc(-c2cccc(OC)c2)cs1. The van der Waals surface area contributed by atoms with Gasteiger partial charge in [-0.25, -0.2) is 9.78 Å². The maximum Gasteiger partial charge on any atom is 0.367 e. The van der Waals surface area contributed by atoms with Gasteiger partial charge < -0.3 is 9.47 Å². The van der Waals surface area contributed by atoms with Gasteiger partial charge in [0.2, 0.25) is 5.01 Å². The minimum absolute atomic E-state index is 0.352. The topological polar surface area (TPSA) is 48.4 Å². The second-order valence-electron chi connectivity index (χ2n) is 3.26. The van der Waals surface area contributed by atoms with Crippen LogP contribution in [0.1, 0.15) is 9.80 Å². The number of methoxy groups -OCH3 is 2. The van der Waals surface area contributed by atoms with Crippen LogP contribution in [-0.4, -0.2) is 25.2 Å². The van der Waals surface area contributed by atoms with Gasteiger partial charge in [-0.15, -0.1) is 11.3 Å². The first-order valence-electron chi connectivity index (χ1n) is 4.93. The number of aromatic nitrogens is 1. The predicted molar refractivity (Wildman–Crippen MR) is 65.4 cm³/mol. The summed E-state index contributed by atoms with van der Waals surface area (Å²) in [7, 11) is 2.95. The number of nitrogens with zero attached hydrogens (tertiary/aromatic N) is 1. The van der Waals surface area contributed by atoms with E-state index in [0.29, 0.717) is 5.01 Å². The highest BCUT2D eigenvalue weighted by atomic mass is 32.1. The van der Waals surface area contributed by atoms with Crippen molar-refractivity contribution in [1.82, 2.24) is 4.98 Å². The largest absolute Gasteiger partial charge is 0.497 e. The summed E-state index contributed by atoms with van der Waals surface area (Å²) in [5, 5.41) is 2.17. The van der Waals surface area contributed by atoms with E-state index in [4.69, 9.17) is 4.74 Å². The molecule has 0 aliphatic carbocycles. The van der Waals surface area contributed by atoms with Gasteiger partial charge >= 0.3 is 5.97 Å². The number of hydrogen-bond donors (Lipinski definition) is 0. The maximum absolute atomic E-state index is 11.3. The van der Waals surface area contributed by atoms with Gasteiger partial charge in [0.05, 0.1) is 19.9 Å². The van der Waals surface area contributed by atoms with Crippen LogP contribution in [0.25, 0.3) is 11.3 Å². The van der Waals surface area contributed by atoms with Crippen LogP contribution in [0.5, 0.6) is 5.75 Å². The molecule has 0 atom stereocenters. The fourth-order valence-corrected chi connectivity index (χ4v) is 2.11. The van der Waals surface area contributed by atoms with Gasteiger partial charge in [0.1, 0.15) is 5.75 Å². The van der Waals surface area contributed by atoms with E-state index >= 15 is 0 Å². The molecule has 0 spiro atoms. The van der Waals surface area contributed by atoms with Gasteiger partial charge in [0.25, 0.3) is 0 Å². The molecule has 0 radical (unpaired) electrons. The van der Waals surface area contributed by atoms with Gasteiger partial charge in [-0.1, -0.05) is 12.1 Å². The number of rotatable bonds is 3. The van der Waals surface area contributed by atoms with E-state index in [0.717, 1.165) is 17.0 Å². The molecule has 0 unspecified atom stereocenters. The Hall–Kier alpha value is -1.88. The van der Waals surface area contributed by atoms with Crippen molar-refractivity contribution in [2.75, 3.05) is 14.2 Å². The molecular weight excluding hydrogens is 238 g/mol. The number of benzene rings is 1. The van der Waals surface area contributed by atoms with Crippen LogP contribution in [0.3, 0.4) is 0 Å². The summed E-state index contributed by atoms with van der Waals surface area (Å²) in [5.41, 5.74) is 1.66. The van der Waals surface area contributed by atoms with Crippen LogP contribution in [0.2, 0.25) is 0 Å². The molecule has 0 saturated heterocycles. The molecule has 0 aliphatic rings. The van der Waals surface area contributed by atoms with E-state index in [2.05, 4.69) is 9.72 Å². The molecule has 0 aliphatic heterocycles. The van der Waals surface area contributed by atoms with Gasteiger partial charge in [0, 0.05) is 10.9 Å². The second-order valence-corrected chi connectivity index (χ2v) is 4.12. The standard InChI is InChI=1S/C12H11NO3S/c1-15-9-5-3-4-8(6-9)10-7-17-11(13-10)12(14)16-2/h3-7H,1-2H3. The van der Waals surface area contributed by atoms with E-state index in [1.807, 2.05) is 29.6 Å². The normalized spacial score (nSPS) is 10.0. The van der Waals surface area contributed by atoms with Crippen molar-refractivity contribution < 1.29 is 14.3 Å². The molecule has 0 N–H and O–H groups in total. The van der Waals surface area contributed by atoms with Crippen LogP contribution < -0.4 is 4.74 Å². The zero-order chi connectivity index (χ0) is 12.3. The van der Waals surface area contributed by atoms with E-state index < -0.39 is 5.97 Å². The van der Waals surface area contributed by atoms with Gasteiger partial charge in [-0.05, 0) is 12.1 Å². The number of carbonyl (C=O) groups excluding carboxylic acids is 1. The van der Waals surface area contributed by atoms with Crippen molar-refractivity contribution in [2.45, 2.75) is 0 Å². The summed E-state index contributed by atoms with van der Waals surface area (Å²) in [4.78, 5) is 15.5. The third-order valence-electron chi connectivity index (χ3n) is 2.23. The van der Waals surface area contributed by atoms with Crippen molar-refractivity contribution in [3.8, 4) is 17.0 Å². The lowest BCUT2D eigenvalue weighted by atomic mass is 10.2. The molecule has 4 nitrogen and oxygen atoms in total. The number of hydrogen-bond acceptors (Lipinski definition) is 5. The summed E-state index contributed by atoms with van der Waals surface area (Å²) in [6.45, 7) is 0. The van der Waals surface area contributed by atoms with Crippen LogP contribution >= 0.6 is 11.3 Å². The highest BCUT2D eigenvalue weighted by Crippen LogP contribution is 2.25. The number of thiazole rings is 1. The van der Waals surface area contributed by atoms with Gasteiger partial charge in [-0.3, -0.25) is 0 Å². The maximum atomic E-state index is 11.3. The Morgan fingerprint density at radius 2 is 2.18 bits per heavy atom. The van der Waals surface area contributed by atoms with Gasteiger partial charge in [0.15, 0.2) is 0 Å². The molecule has 2 rings (SSSR count). The lowest BCUT2D eigenvalue weighted by Gasteiger charge is -2.01. The molecule has 1 aromatic carbocycles. The van der Waals surface area contributed by atoms with Crippen molar-refractivity contribution in [3.05, 3.63) is 34.7 Å². The lowest BCUT2D eigenvalue weighted by Crippen LogP contribution is -1.99. The smallest absolute Gasteiger partial charge is 0.367 e. The predicted octanol–water partition coefficient (Wildman–Crippen LogP) is 2.61. The van der Waals surface area contributed by atoms with E-state index in [9.17, 15) is 4.79 Å². The molecule has 0 saturated carbocycles. The summed E-state index contributed by atoms with van der Waals surface area (Å²) >= 11 is 1.26. The molecule has 17 heavy (non-hydrogen) atoms. The zero-order valence-electron chi connectivity index (χ0n) is 9.47. The average molecular weight is 249 g/mol. The molecule has 0 fully saturated rings. The molecule has 0 amide bonds. The zero-order valence-corrected chi connectivity index (χ0v) is 10.3. The summed E-state index contributed by atoms with van der Waals surface area (Å²) < 4.78 is 9.75. The molecule has 5 heteroatoms. The molecule has 1 heterocycles. The fourth-order valence-electron chi connectivity index (χ4n) is 1.37. The highest BCUT2D eigenvalue weighted by Gasteiger charge is 2.12. The number of esters is 1. The molecule has 88 valence electrons. The number of ether oxygens (including phenoxy) is 2. The minimum atomic E-state index is -0.413. The first-order valence-corrected chi connectivity index (χ1v) is 5.81. The van der Waals surface area contributed by atoms with Crippen molar-refractivity contribution in [3.63, 3.8) is 0 Å². The van der Waals surface area contributed by atoms with Crippen LogP contribution in [0.15, 0.2) is 29.6 Å². The fraction of sp³-hybridized carbons (Fsp3) is 0.167. The van der Waals surface area contributed by atoms with Crippen molar-refractivity contribution >= 4 is 17.3 Å². The Bertz CT molecular complexity index is 536. The van der Waals surface area contributed by atoms with Crippen molar-refractivity contribution in [1.29, 1.82) is 0 Å². The Kier molecular flexibility index (Phi) is 3.39. The van der Waals surface area contributed by atoms with E-state index in [1.54, 1.807) is 7.11 Å². The Morgan fingerprint density at radius 3 is 2.88 bits per heavy atom. The average Bonchev–Trinajstić information content (AvgIpc) is 2.87. The molecule has 2 aromatic rings. The second kappa shape index (κ2) is 4.97. The van der Waals surface area contributed by atoms with E-state index in [1.165, 1.54) is 18.4 Å². The molecule has 0 bridgehead atoms. The molecular formula is C12H11NO3S. The number of carbonyl (C=O) groups is 1. The summed E-state index contributed by atoms with van der Waals surface area (Å²) in [6, 6.07) is 7.52. The first kappa shape index (κ1) is 11.6.